The highest BCUT2D eigenvalue weighted by atomic mass is 16.6. The standard InChI is InChI=1S/C38H48N2O6/c1-6-9-10-14-23-45-36(44)31-30-34(42)40(29(25-41)24-28-18-12-11-13-19-28)33(38(30)21-20-37(31,8-3)46-38)35(43)39(22-7-2)32-26(4)16-15-17-27(32)5/h6-7,11-13,15-19,29-31,33,41H,1-2,8-10,14,20-25H2,3-5H3/t29-,30+,31-,33?,37+,38?/m1/s1. The summed E-state index contributed by atoms with van der Waals surface area (Å²) in [4.78, 5) is 47.1. The summed E-state index contributed by atoms with van der Waals surface area (Å²) in [5.41, 5.74) is 1.39. The van der Waals surface area contributed by atoms with Gasteiger partial charge in [-0.05, 0) is 75.5 Å². The van der Waals surface area contributed by atoms with Crippen LogP contribution in [-0.2, 0) is 30.3 Å². The van der Waals surface area contributed by atoms with Crippen molar-refractivity contribution < 1.29 is 29.0 Å². The van der Waals surface area contributed by atoms with Crippen molar-refractivity contribution in [2.24, 2.45) is 11.8 Å². The largest absolute Gasteiger partial charge is 0.465 e. The molecule has 246 valence electrons. The molecule has 8 nitrogen and oxygen atoms in total. The Balaban J connectivity index is 1.60. The minimum Gasteiger partial charge on any atom is -0.465 e. The van der Waals surface area contributed by atoms with Crippen molar-refractivity contribution in [2.45, 2.75) is 89.0 Å². The van der Waals surface area contributed by atoms with Gasteiger partial charge in [0.2, 0.25) is 5.91 Å². The molecule has 3 heterocycles. The molecular weight excluding hydrogens is 580 g/mol. The Labute approximate surface area is 273 Å². The van der Waals surface area contributed by atoms with Crippen LogP contribution in [0.3, 0.4) is 0 Å². The molecule has 0 aliphatic carbocycles. The third kappa shape index (κ3) is 5.71. The maximum absolute atomic E-state index is 15.1. The average Bonchev–Trinajstić information content (AvgIpc) is 3.66. The lowest BCUT2D eigenvalue weighted by Gasteiger charge is -2.40. The normalized spacial score (nSPS) is 26.9. The topological polar surface area (TPSA) is 96.4 Å². The second-order valence-electron chi connectivity index (χ2n) is 13.0. The summed E-state index contributed by atoms with van der Waals surface area (Å²) in [7, 11) is 0. The zero-order valence-corrected chi connectivity index (χ0v) is 27.5. The van der Waals surface area contributed by atoms with Crippen molar-refractivity contribution in [3.63, 3.8) is 0 Å². The highest BCUT2D eigenvalue weighted by Crippen LogP contribution is 2.65. The van der Waals surface area contributed by atoms with Gasteiger partial charge in [-0.1, -0.05) is 67.6 Å². The van der Waals surface area contributed by atoms with Crippen LogP contribution in [0.4, 0.5) is 5.69 Å². The number of hydrogen-bond donors (Lipinski definition) is 1. The first-order chi connectivity index (χ1) is 22.2. The van der Waals surface area contributed by atoms with Crippen molar-refractivity contribution in [3.8, 4) is 0 Å². The number of likely N-dealkylation sites (tertiary alicyclic amines) is 1. The summed E-state index contributed by atoms with van der Waals surface area (Å²) in [5, 5.41) is 10.8. The molecule has 0 aromatic heterocycles. The van der Waals surface area contributed by atoms with E-state index in [-0.39, 0.29) is 31.6 Å². The van der Waals surface area contributed by atoms with Crippen LogP contribution in [0.1, 0.15) is 62.1 Å². The molecule has 1 N–H and O–H groups in total. The number of carbonyl (C=O) groups excluding carboxylic acids is 3. The van der Waals surface area contributed by atoms with Crippen LogP contribution in [0.25, 0.3) is 0 Å². The summed E-state index contributed by atoms with van der Waals surface area (Å²) in [6, 6.07) is 13.7. The van der Waals surface area contributed by atoms with Crippen LogP contribution in [-0.4, -0.2) is 70.8 Å². The second-order valence-corrected chi connectivity index (χ2v) is 13.0. The van der Waals surface area contributed by atoms with Crippen LogP contribution in [0, 0.1) is 25.7 Å². The molecule has 8 heteroatoms. The maximum atomic E-state index is 15.1. The van der Waals surface area contributed by atoms with E-state index in [1.165, 1.54) is 0 Å². The Bertz CT molecular complexity index is 1440. The van der Waals surface area contributed by atoms with Gasteiger partial charge >= 0.3 is 5.97 Å². The van der Waals surface area contributed by atoms with Crippen LogP contribution >= 0.6 is 0 Å². The Morgan fingerprint density at radius 1 is 1.09 bits per heavy atom. The van der Waals surface area contributed by atoms with Crippen molar-refractivity contribution in [1.82, 2.24) is 4.90 Å². The number of hydrogen-bond acceptors (Lipinski definition) is 6. The summed E-state index contributed by atoms with van der Waals surface area (Å²) < 4.78 is 12.8. The lowest BCUT2D eigenvalue weighted by Crippen LogP contribution is -2.59. The van der Waals surface area contributed by atoms with Gasteiger partial charge < -0.3 is 24.4 Å². The van der Waals surface area contributed by atoms with E-state index in [4.69, 9.17) is 9.47 Å². The molecule has 3 aliphatic heterocycles. The number of carbonyl (C=O) groups is 3. The van der Waals surface area contributed by atoms with E-state index in [0.717, 1.165) is 35.2 Å². The first-order valence-corrected chi connectivity index (χ1v) is 16.6. The lowest BCUT2D eigenvalue weighted by molar-refractivity contribution is -0.162. The summed E-state index contributed by atoms with van der Waals surface area (Å²) >= 11 is 0. The number of unbranched alkanes of at least 4 members (excludes halogenated alkanes) is 2. The summed E-state index contributed by atoms with van der Waals surface area (Å²) in [6.45, 7) is 13.7. The highest BCUT2D eigenvalue weighted by Gasteiger charge is 2.79. The van der Waals surface area contributed by atoms with E-state index >= 15 is 4.79 Å². The molecule has 2 unspecified atom stereocenters. The van der Waals surface area contributed by atoms with Gasteiger partial charge in [0.1, 0.15) is 17.6 Å². The van der Waals surface area contributed by atoms with Crippen LogP contribution < -0.4 is 4.90 Å². The fourth-order valence-corrected chi connectivity index (χ4v) is 8.28. The number of para-hydroxylation sites is 1. The van der Waals surface area contributed by atoms with E-state index in [2.05, 4.69) is 13.2 Å². The number of nitrogens with zero attached hydrogens (tertiary/aromatic N) is 2. The zero-order chi connectivity index (χ0) is 33.1. The van der Waals surface area contributed by atoms with E-state index in [1.807, 2.05) is 75.4 Å². The highest BCUT2D eigenvalue weighted by molar-refractivity contribution is 6.05. The van der Waals surface area contributed by atoms with Crippen molar-refractivity contribution in [2.75, 3.05) is 24.7 Å². The van der Waals surface area contributed by atoms with Gasteiger partial charge in [0.25, 0.3) is 5.91 Å². The van der Waals surface area contributed by atoms with Crippen molar-refractivity contribution >= 4 is 23.5 Å². The Kier molecular flexibility index (Phi) is 10.2. The molecule has 5 rings (SSSR count). The van der Waals surface area contributed by atoms with Crippen molar-refractivity contribution in [3.05, 3.63) is 90.5 Å². The monoisotopic (exact) mass is 628 g/mol. The van der Waals surface area contributed by atoms with Gasteiger partial charge in [-0.3, -0.25) is 14.4 Å². The molecule has 0 saturated carbocycles. The predicted octanol–water partition coefficient (Wildman–Crippen LogP) is 5.48. The molecule has 3 saturated heterocycles. The fraction of sp³-hybridized carbons (Fsp3) is 0.500. The number of aryl methyl sites for hydroxylation is 2. The second kappa shape index (κ2) is 13.9. The molecule has 2 amide bonds. The summed E-state index contributed by atoms with van der Waals surface area (Å²) in [6.07, 6.45) is 7.73. The quantitative estimate of drug-likeness (QED) is 0.160. The molecule has 3 fully saturated rings. The first-order valence-electron chi connectivity index (χ1n) is 16.6. The molecule has 46 heavy (non-hydrogen) atoms. The number of anilines is 1. The molecule has 2 aromatic rings. The van der Waals surface area contributed by atoms with E-state index in [9.17, 15) is 14.7 Å². The predicted molar refractivity (Wildman–Crippen MR) is 178 cm³/mol. The minimum absolute atomic E-state index is 0.224. The number of rotatable bonds is 15. The smallest absolute Gasteiger partial charge is 0.312 e. The third-order valence-electron chi connectivity index (χ3n) is 10.4. The number of ether oxygens (including phenoxy) is 2. The van der Waals surface area contributed by atoms with Gasteiger partial charge in [-0.2, -0.15) is 0 Å². The molecule has 2 aromatic carbocycles. The third-order valence-corrected chi connectivity index (χ3v) is 10.4. The van der Waals surface area contributed by atoms with E-state index in [1.54, 1.807) is 15.9 Å². The van der Waals surface area contributed by atoms with Gasteiger partial charge in [0.05, 0.1) is 30.8 Å². The number of benzene rings is 2. The van der Waals surface area contributed by atoms with Crippen LogP contribution in [0.2, 0.25) is 0 Å². The van der Waals surface area contributed by atoms with E-state index in [0.29, 0.717) is 32.1 Å². The number of aliphatic hydroxyl groups excluding tert-OH is 1. The van der Waals surface area contributed by atoms with Crippen molar-refractivity contribution in [1.29, 1.82) is 0 Å². The van der Waals surface area contributed by atoms with Gasteiger partial charge in [-0.25, -0.2) is 0 Å². The lowest BCUT2D eigenvalue weighted by atomic mass is 9.65. The van der Waals surface area contributed by atoms with Crippen LogP contribution in [0.5, 0.6) is 0 Å². The number of amides is 2. The Hall–Kier alpha value is -3.75. The minimum atomic E-state index is -1.24. The molecular formula is C38H48N2O6. The first kappa shape index (κ1) is 33.6. The van der Waals surface area contributed by atoms with Crippen LogP contribution in [0.15, 0.2) is 73.8 Å². The number of fused-ring (bicyclic) bond motifs is 1. The van der Waals surface area contributed by atoms with Gasteiger partial charge in [0.15, 0.2) is 0 Å². The molecule has 0 radical (unpaired) electrons. The summed E-state index contributed by atoms with van der Waals surface area (Å²) in [5.74, 6) is -2.83. The molecule has 1 spiro atoms. The molecule has 2 bridgehead atoms. The zero-order valence-electron chi connectivity index (χ0n) is 27.5. The SMILES string of the molecule is C=CCCCCOC(=O)[C@H]1[C@H]2C(=O)N([C@@H](CO)Cc3ccccc3)C(C(=O)N(CC=C)c3c(C)cccc3C)C23CC[C@]1(CC)O3. The number of esters is 1. The number of allylic oxidation sites excluding steroid dienone is 1. The van der Waals surface area contributed by atoms with Gasteiger partial charge in [0, 0.05) is 12.2 Å². The Morgan fingerprint density at radius 2 is 1.80 bits per heavy atom. The fourth-order valence-electron chi connectivity index (χ4n) is 8.28. The average molecular weight is 629 g/mol. The van der Waals surface area contributed by atoms with Gasteiger partial charge in [-0.15, -0.1) is 13.2 Å². The number of aliphatic hydroxyl groups is 1. The Morgan fingerprint density at radius 3 is 2.43 bits per heavy atom. The molecule has 6 atom stereocenters. The van der Waals surface area contributed by atoms with E-state index < -0.39 is 41.1 Å². The molecule has 3 aliphatic rings. The maximum Gasteiger partial charge on any atom is 0.312 e.